The summed E-state index contributed by atoms with van der Waals surface area (Å²) in [6.45, 7) is 1.50. The minimum atomic E-state index is -4.98. The monoisotopic (exact) mass is 658 g/mol. The van der Waals surface area contributed by atoms with Crippen LogP contribution in [0.15, 0.2) is 60.7 Å². The number of carbonyl (C=O) groups excluding carboxylic acids is 4. The lowest BCUT2D eigenvalue weighted by Crippen LogP contribution is -2.37. The second-order valence-corrected chi connectivity index (χ2v) is 12.3. The van der Waals surface area contributed by atoms with Gasteiger partial charge < -0.3 is 9.47 Å². The van der Waals surface area contributed by atoms with Crippen LogP contribution in [0.5, 0.6) is 23.0 Å². The number of alkyl halides is 6. The molecule has 0 radical (unpaired) electrons. The Kier molecular flexibility index (Phi) is 6.75. The van der Waals surface area contributed by atoms with Crippen molar-refractivity contribution in [3.05, 3.63) is 77.4 Å². The standard InChI is InChI=1S/C33H24F6N2O6/c1-14-3-9-22(20(11-14)32(34,35)36)46-16-5-7-17(8-6-16)47-23-10-4-15(12-21(23)33(37,38)39)41-30(44)26-18-13-19(27(26)31(41)45)25-24(18)28(42)40(2)29(25)43/h3-12,18-19,24-27H,13H2,1-2H3. The van der Waals surface area contributed by atoms with Gasteiger partial charge in [0.05, 0.1) is 34.9 Å². The summed E-state index contributed by atoms with van der Waals surface area (Å²) in [6.07, 6.45) is -9.31. The molecule has 8 nitrogen and oxygen atoms in total. The van der Waals surface area contributed by atoms with E-state index in [1.165, 1.54) is 44.3 Å². The maximum atomic E-state index is 14.3. The summed E-state index contributed by atoms with van der Waals surface area (Å²) in [5.41, 5.74) is -2.22. The van der Waals surface area contributed by atoms with Crippen LogP contribution >= 0.6 is 0 Å². The van der Waals surface area contributed by atoms with Crippen molar-refractivity contribution in [2.45, 2.75) is 25.7 Å². The first-order chi connectivity index (χ1) is 22.1. The predicted molar refractivity (Wildman–Crippen MR) is 150 cm³/mol. The molecule has 4 fully saturated rings. The van der Waals surface area contributed by atoms with Gasteiger partial charge >= 0.3 is 12.4 Å². The summed E-state index contributed by atoms with van der Waals surface area (Å²) in [5, 5.41) is 0. The van der Waals surface area contributed by atoms with Crippen LogP contribution in [-0.2, 0) is 31.5 Å². The molecule has 7 rings (SSSR count). The van der Waals surface area contributed by atoms with Gasteiger partial charge in [0.1, 0.15) is 28.6 Å². The van der Waals surface area contributed by atoms with E-state index in [9.17, 15) is 45.5 Å². The highest BCUT2D eigenvalue weighted by Crippen LogP contribution is 2.64. The van der Waals surface area contributed by atoms with E-state index in [2.05, 4.69) is 0 Å². The van der Waals surface area contributed by atoms with Gasteiger partial charge in [-0.2, -0.15) is 26.3 Å². The summed E-state index contributed by atoms with van der Waals surface area (Å²) in [5.74, 6) is -7.84. The Morgan fingerprint density at radius 3 is 1.51 bits per heavy atom. The Hall–Kier alpha value is -4.88. The first kappa shape index (κ1) is 30.8. The van der Waals surface area contributed by atoms with Gasteiger partial charge in [-0.05, 0) is 79.8 Å². The largest absolute Gasteiger partial charge is 0.457 e. The van der Waals surface area contributed by atoms with E-state index in [1.807, 2.05) is 0 Å². The van der Waals surface area contributed by atoms with Crippen molar-refractivity contribution in [3.8, 4) is 23.0 Å². The van der Waals surface area contributed by atoms with Gasteiger partial charge in [0.25, 0.3) is 0 Å². The zero-order chi connectivity index (χ0) is 33.7. The summed E-state index contributed by atoms with van der Waals surface area (Å²) in [4.78, 5) is 54.3. The summed E-state index contributed by atoms with van der Waals surface area (Å²) < 4.78 is 94.1. The second kappa shape index (κ2) is 10.3. The second-order valence-electron chi connectivity index (χ2n) is 12.3. The third-order valence-corrected chi connectivity index (χ3v) is 9.65. The molecule has 2 saturated carbocycles. The van der Waals surface area contributed by atoms with E-state index in [4.69, 9.17) is 9.47 Å². The lowest BCUT2D eigenvalue weighted by atomic mass is 9.70. The molecule has 47 heavy (non-hydrogen) atoms. The smallest absolute Gasteiger partial charge is 0.420 e. The molecule has 3 aromatic rings. The zero-order valence-electron chi connectivity index (χ0n) is 24.6. The fraction of sp³-hybridized carbons (Fsp3) is 0.333. The van der Waals surface area contributed by atoms with Gasteiger partial charge in [-0.1, -0.05) is 11.6 Å². The fourth-order valence-electron chi connectivity index (χ4n) is 7.73. The first-order valence-electron chi connectivity index (χ1n) is 14.6. The SMILES string of the molecule is Cc1ccc(Oc2ccc(Oc3ccc(N4C(=O)C5C6CC(C7C(=O)N(C)C(=O)C67)C5C4=O)cc3C(F)(F)F)cc2)c(C(F)(F)F)c1. The predicted octanol–water partition coefficient (Wildman–Crippen LogP) is 6.60. The van der Waals surface area contributed by atoms with Crippen LogP contribution in [0.4, 0.5) is 32.0 Å². The Balaban J connectivity index is 1.13. The molecule has 2 bridgehead atoms. The highest BCUT2D eigenvalue weighted by atomic mass is 19.4. The average Bonchev–Trinajstić information content (AvgIpc) is 3.71. The van der Waals surface area contributed by atoms with E-state index in [1.54, 1.807) is 0 Å². The molecule has 14 heteroatoms. The van der Waals surface area contributed by atoms with Crippen LogP contribution in [0.25, 0.3) is 0 Å². The number of halogens is 6. The number of fused-ring (bicyclic) bond motifs is 8. The molecular weight excluding hydrogens is 634 g/mol. The van der Waals surface area contributed by atoms with Crippen LogP contribution in [0.1, 0.15) is 23.1 Å². The van der Waals surface area contributed by atoms with E-state index >= 15 is 0 Å². The Labute approximate surface area is 262 Å². The molecule has 2 heterocycles. The van der Waals surface area contributed by atoms with Gasteiger partial charge in [0, 0.05) is 7.05 Å². The van der Waals surface area contributed by atoms with E-state index in [0.717, 1.165) is 29.2 Å². The van der Waals surface area contributed by atoms with Crippen molar-refractivity contribution in [2.24, 2.45) is 35.5 Å². The zero-order valence-corrected chi connectivity index (χ0v) is 24.6. The first-order valence-corrected chi connectivity index (χ1v) is 14.6. The molecule has 2 aliphatic heterocycles. The molecule has 6 unspecified atom stereocenters. The number of hydrogen-bond acceptors (Lipinski definition) is 6. The third kappa shape index (κ3) is 4.75. The molecular formula is C33H24F6N2O6. The number of rotatable bonds is 5. The molecule has 244 valence electrons. The molecule has 4 aliphatic rings. The fourth-order valence-corrected chi connectivity index (χ4v) is 7.73. The highest BCUT2D eigenvalue weighted by Gasteiger charge is 2.72. The quantitative estimate of drug-likeness (QED) is 0.227. The molecule has 2 aliphatic carbocycles. The molecule has 0 aromatic heterocycles. The van der Waals surface area contributed by atoms with Crippen molar-refractivity contribution in [1.82, 2.24) is 4.90 Å². The third-order valence-electron chi connectivity index (χ3n) is 9.65. The molecule has 0 N–H and O–H groups in total. The van der Waals surface area contributed by atoms with Crippen LogP contribution in [0.3, 0.4) is 0 Å². The lowest BCUT2D eigenvalue weighted by molar-refractivity contribution is -0.140. The number of imide groups is 2. The summed E-state index contributed by atoms with van der Waals surface area (Å²) in [7, 11) is 1.36. The van der Waals surface area contributed by atoms with Crippen LogP contribution in [-0.4, -0.2) is 35.6 Å². The maximum absolute atomic E-state index is 14.3. The van der Waals surface area contributed by atoms with Gasteiger partial charge in [-0.15, -0.1) is 0 Å². The maximum Gasteiger partial charge on any atom is 0.420 e. The molecule has 4 amide bonds. The number of nitrogens with zero attached hydrogens (tertiary/aromatic N) is 2. The highest BCUT2D eigenvalue weighted by molar-refractivity contribution is 6.23. The Morgan fingerprint density at radius 2 is 1.04 bits per heavy atom. The normalized spacial score (nSPS) is 26.7. The summed E-state index contributed by atoms with van der Waals surface area (Å²) >= 11 is 0. The molecule has 2 saturated heterocycles. The summed E-state index contributed by atoms with van der Waals surface area (Å²) in [6, 6.07) is 11.2. The number of benzene rings is 3. The molecule has 6 atom stereocenters. The van der Waals surface area contributed by atoms with Crippen LogP contribution in [0, 0.1) is 42.4 Å². The number of amides is 4. The topological polar surface area (TPSA) is 93.2 Å². The van der Waals surface area contributed by atoms with E-state index in [-0.39, 0.29) is 17.2 Å². The van der Waals surface area contributed by atoms with Crippen molar-refractivity contribution in [2.75, 3.05) is 11.9 Å². The number of ether oxygens (including phenoxy) is 2. The van der Waals surface area contributed by atoms with Crippen LogP contribution in [0.2, 0.25) is 0 Å². The minimum Gasteiger partial charge on any atom is -0.457 e. The van der Waals surface area contributed by atoms with Gasteiger partial charge in [0.15, 0.2) is 0 Å². The van der Waals surface area contributed by atoms with Crippen LogP contribution < -0.4 is 14.4 Å². The van der Waals surface area contributed by atoms with Gasteiger partial charge in [-0.25, -0.2) is 0 Å². The number of hydrogen-bond donors (Lipinski definition) is 0. The van der Waals surface area contributed by atoms with E-state index < -0.39 is 94.1 Å². The Morgan fingerprint density at radius 1 is 0.617 bits per heavy atom. The average molecular weight is 659 g/mol. The lowest BCUT2D eigenvalue weighted by Gasteiger charge is -2.27. The van der Waals surface area contributed by atoms with Crippen molar-refractivity contribution in [3.63, 3.8) is 0 Å². The van der Waals surface area contributed by atoms with Gasteiger partial charge in [-0.3, -0.25) is 29.0 Å². The van der Waals surface area contributed by atoms with Gasteiger partial charge in [0.2, 0.25) is 23.6 Å². The number of carbonyl (C=O) groups is 4. The Bertz CT molecular complexity index is 1810. The number of likely N-dealkylation sites (tertiary alicyclic amines) is 1. The minimum absolute atomic E-state index is 0.0251. The van der Waals surface area contributed by atoms with Crippen molar-refractivity contribution >= 4 is 29.3 Å². The van der Waals surface area contributed by atoms with Crippen molar-refractivity contribution < 1.29 is 55.0 Å². The number of aryl methyl sites for hydroxylation is 1. The van der Waals surface area contributed by atoms with E-state index in [0.29, 0.717) is 23.0 Å². The molecule has 0 spiro atoms. The van der Waals surface area contributed by atoms with Crippen molar-refractivity contribution in [1.29, 1.82) is 0 Å². The number of anilines is 1. The molecule has 3 aromatic carbocycles.